The molecule has 1 unspecified atom stereocenters. The van der Waals surface area contributed by atoms with Crippen LogP contribution in [0, 0.1) is 0 Å². The molecular weight excluding hydrogens is 502 g/mol. The summed E-state index contributed by atoms with van der Waals surface area (Å²) in [6.07, 6.45) is 24.5. The second-order valence-electron chi connectivity index (χ2n) is 11.3. The molecule has 0 fully saturated rings. The lowest BCUT2D eigenvalue weighted by atomic mass is 10.1. The van der Waals surface area contributed by atoms with Crippen molar-refractivity contribution in [1.29, 1.82) is 0 Å². The number of hydrogen-bond donors (Lipinski definition) is 3. The average molecular weight is 564 g/mol. The summed E-state index contributed by atoms with van der Waals surface area (Å²) >= 11 is 0. The van der Waals surface area contributed by atoms with Crippen molar-refractivity contribution >= 4 is 5.91 Å². The summed E-state index contributed by atoms with van der Waals surface area (Å²) in [5, 5.41) is 21.2. The fourth-order valence-corrected chi connectivity index (χ4v) is 4.80. The molecule has 232 valence electrons. The molecule has 40 heavy (non-hydrogen) atoms. The Hall–Kier alpha value is -1.79. The quantitative estimate of drug-likeness (QED) is 0.0891. The van der Waals surface area contributed by atoms with Crippen molar-refractivity contribution < 1.29 is 24.5 Å². The van der Waals surface area contributed by atoms with Crippen molar-refractivity contribution in [3.8, 4) is 11.5 Å². The van der Waals surface area contributed by atoms with Gasteiger partial charge in [-0.05, 0) is 31.0 Å². The van der Waals surface area contributed by atoms with Crippen molar-refractivity contribution in [1.82, 2.24) is 5.32 Å². The Balaban J connectivity index is 2.43. The highest BCUT2D eigenvalue weighted by molar-refractivity contribution is 5.94. The van der Waals surface area contributed by atoms with Gasteiger partial charge < -0.3 is 25.0 Å². The Morgan fingerprint density at radius 3 is 1.55 bits per heavy atom. The number of hydrogen-bond acceptors (Lipinski definition) is 5. The molecule has 1 rings (SSSR count). The van der Waals surface area contributed by atoms with Crippen LogP contribution in [0.15, 0.2) is 18.2 Å². The van der Waals surface area contributed by atoms with E-state index in [1.807, 2.05) is 6.07 Å². The maximum absolute atomic E-state index is 12.5. The van der Waals surface area contributed by atoms with Gasteiger partial charge in [-0.15, -0.1) is 0 Å². The number of amides is 1. The van der Waals surface area contributed by atoms with Crippen LogP contribution in [-0.4, -0.2) is 48.6 Å². The number of unbranched alkanes of at least 4 members (excludes halogenated alkanes) is 18. The summed E-state index contributed by atoms with van der Waals surface area (Å²) in [6.45, 7) is 5.36. The number of carbonyl (C=O) groups is 1. The molecule has 0 aliphatic rings. The third-order valence-electron chi connectivity index (χ3n) is 7.43. The van der Waals surface area contributed by atoms with E-state index in [0.717, 1.165) is 25.7 Å². The number of aliphatic hydroxyl groups excluding tert-OH is 2. The molecular formula is C34H61NO5. The van der Waals surface area contributed by atoms with Crippen LogP contribution in [0.1, 0.15) is 153 Å². The van der Waals surface area contributed by atoms with Crippen molar-refractivity contribution in [3.05, 3.63) is 23.8 Å². The van der Waals surface area contributed by atoms with E-state index in [4.69, 9.17) is 14.6 Å². The molecule has 0 aromatic heterocycles. The van der Waals surface area contributed by atoms with Gasteiger partial charge in [0.15, 0.2) is 11.5 Å². The standard InChI is InChI=1S/C34H61NO5/c1-3-5-7-9-11-13-15-17-19-21-25-39-32-24-23-30(34(38)35-28-31(37)29-36)27-33(32)40-26-22-20-18-16-14-12-10-8-6-4-2/h23-24,27,31,36-37H,3-22,25-26,28-29H2,1-2H3,(H,35,38). The average Bonchev–Trinajstić information content (AvgIpc) is 2.97. The van der Waals surface area contributed by atoms with Crippen LogP contribution in [0.3, 0.4) is 0 Å². The Labute approximate surface area is 245 Å². The highest BCUT2D eigenvalue weighted by Gasteiger charge is 2.13. The lowest BCUT2D eigenvalue weighted by Crippen LogP contribution is -2.33. The van der Waals surface area contributed by atoms with Crippen LogP contribution in [0.25, 0.3) is 0 Å². The van der Waals surface area contributed by atoms with Crippen LogP contribution in [0.2, 0.25) is 0 Å². The fourth-order valence-electron chi connectivity index (χ4n) is 4.80. The fraction of sp³-hybridized carbons (Fsp3) is 0.794. The number of ether oxygens (including phenoxy) is 2. The molecule has 6 heteroatoms. The van der Waals surface area contributed by atoms with Crippen LogP contribution >= 0.6 is 0 Å². The lowest BCUT2D eigenvalue weighted by Gasteiger charge is -2.15. The predicted octanol–water partition coefficient (Wildman–Crippen LogP) is 8.37. The zero-order chi connectivity index (χ0) is 29.1. The van der Waals surface area contributed by atoms with Gasteiger partial charge in [-0.1, -0.05) is 129 Å². The monoisotopic (exact) mass is 563 g/mol. The number of carbonyl (C=O) groups excluding carboxylic acids is 1. The SMILES string of the molecule is CCCCCCCCCCCCOc1ccc(C(=O)NCC(O)CO)cc1OCCCCCCCCCCCC. The van der Waals surface area contributed by atoms with E-state index in [-0.39, 0.29) is 19.1 Å². The largest absolute Gasteiger partial charge is 0.490 e. The Bertz CT molecular complexity index is 726. The zero-order valence-electron chi connectivity index (χ0n) is 25.9. The summed E-state index contributed by atoms with van der Waals surface area (Å²) < 4.78 is 12.2. The van der Waals surface area contributed by atoms with Crippen molar-refractivity contribution in [2.45, 2.75) is 148 Å². The van der Waals surface area contributed by atoms with E-state index in [1.165, 1.54) is 103 Å². The minimum atomic E-state index is -0.973. The molecule has 0 radical (unpaired) electrons. The van der Waals surface area contributed by atoms with E-state index in [2.05, 4.69) is 19.2 Å². The van der Waals surface area contributed by atoms with Crippen molar-refractivity contribution in [3.63, 3.8) is 0 Å². The van der Waals surface area contributed by atoms with Gasteiger partial charge in [0, 0.05) is 12.1 Å². The van der Waals surface area contributed by atoms with Crippen molar-refractivity contribution in [2.24, 2.45) is 0 Å². The number of rotatable bonds is 28. The molecule has 3 N–H and O–H groups in total. The van der Waals surface area contributed by atoms with Gasteiger partial charge in [-0.3, -0.25) is 4.79 Å². The maximum Gasteiger partial charge on any atom is 0.251 e. The molecule has 0 heterocycles. The summed E-state index contributed by atoms with van der Waals surface area (Å²) in [7, 11) is 0. The first-order valence-corrected chi connectivity index (χ1v) is 16.6. The van der Waals surface area contributed by atoms with Crippen LogP contribution in [-0.2, 0) is 0 Å². The molecule has 0 saturated heterocycles. The molecule has 1 atom stereocenters. The van der Waals surface area contributed by atoms with Crippen molar-refractivity contribution in [2.75, 3.05) is 26.4 Å². The van der Waals surface area contributed by atoms with Gasteiger partial charge in [0.25, 0.3) is 5.91 Å². The molecule has 1 aromatic rings. The van der Waals surface area contributed by atoms with Crippen LogP contribution in [0.4, 0.5) is 0 Å². The predicted molar refractivity (Wildman–Crippen MR) is 167 cm³/mol. The van der Waals surface area contributed by atoms with Gasteiger partial charge >= 0.3 is 0 Å². The summed E-state index contributed by atoms with van der Waals surface area (Å²) in [5.74, 6) is 0.964. The van der Waals surface area contributed by atoms with Gasteiger partial charge in [-0.2, -0.15) is 0 Å². The van der Waals surface area contributed by atoms with E-state index >= 15 is 0 Å². The Morgan fingerprint density at radius 2 is 1.10 bits per heavy atom. The van der Waals surface area contributed by atoms with Crippen LogP contribution in [0.5, 0.6) is 11.5 Å². The number of benzene rings is 1. The second-order valence-corrected chi connectivity index (χ2v) is 11.3. The zero-order valence-corrected chi connectivity index (χ0v) is 25.9. The Morgan fingerprint density at radius 1 is 0.675 bits per heavy atom. The highest BCUT2D eigenvalue weighted by atomic mass is 16.5. The topological polar surface area (TPSA) is 88.0 Å². The third kappa shape index (κ3) is 19.3. The summed E-state index contributed by atoms with van der Waals surface area (Å²) in [6, 6.07) is 5.26. The summed E-state index contributed by atoms with van der Waals surface area (Å²) in [5.41, 5.74) is 0.453. The minimum Gasteiger partial charge on any atom is -0.490 e. The van der Waals surface area contributed by atoms with E-state index in [1.54, 1.807) is 12.1 Å². The number of aliphatic hydroxyl groups is 2. The first-order chi connectivity index (χ1) is 19.6. The molecule has 0 aliphatic heterocycles. The molecule has 1 aromatic carbocycles. The molecule has 6 nitrogen and oxygen atoms in total. The first-order valence-electron chi connectivity index (χ1n) is 16.6. The molecule has 0 aliphatic carbocycles. The lowest BCUT2D eigenvalue weighted by molar-refractivity contribution is 0.0801. The highest BCUT2D eigenvalue weighted by Crippen LogP contribution is 2.29. The molecule has 0 bridgehead atoms. The molecule has 1 amide bonds. The van der Waals surface area contributed by atoms with E-state index in [9.17, 15) is 9.90 Å². The molecule has 0 saturated carbocycles. The second kappa shape index (κ2) is 26.1. The van der Waals surface area contributed by atoms with Gasteiger partial charge in [0.2, 0.25) is 0 Å². The van der Waals surface area contributed by atoms with Gasteiger partial charge in [0.05, 0.1) is 25.9 Å². The van der Waals surface area contributed by atoms with E-state index in [0.29, 0.717) is 30.3 Å². The third-order valence-corrected chi connectivity index (χ3v) is 7.43. The first kappa shape index (κ1) is 36.2. The minimum absolute atomic E-state index is 0.00111. The molecule has 0 spiro atoms. The maximum atomic E-state index is 12.5. The van der Waals surface area contributed by atoms with Crippen LogP contribution < -0.4 is 14.8 Å². The van der Waals surface area contributed by atoms with E-state index < -0.39 is 6.10 Å². The number of nitrogens with one attached hydrogen (secondary N) is 1. The normalized spacial score (nSPS) is 11.9. The smallest absolute Gasteiger partial charge is 0.251 e. The summed E-state index contributed by atoms with van der Waals surface area (Å²) in [4.78, 5) is 12.5. The Kier molecular flexibility index (Phi) is 23.7. The van der Waals surface area contributed by atoms with Gasteiger partial charge in [-0.25, -0.2) is 0 Å². The van der Waals surface area contributed by atoms with Gasteiger partial charge in [0.1, 0.15) is 0 Å².